The first-order valence-corrected chi connectivity index (χ1v) is 38.7. The second-order valence-electron chi connectivity index (χ2n) is 32.1. The summed E-state index contributed by atoms with van der Waals surface area (Å²) >= 11 is 0. The van der Waals surface area contributed by atoms with E-state index in [9.17, 15) is 45.6 Å². The van der Waals surface area contributed by atoms with Gasteiger partial charge in [0.25, 0.3) is 0 Å². The number of hydrogen-bond acceptors (Lipinski definition) is 17. The van der Waals surface area contributed by atoms with E-state index in [1.165, 1.54) is 27.2 Å². The molecule has 14 N–H and O–H groups in total. The van der Waals surface area contributed by atoms with E-state index in [1.54, 1.807) is 31.2 Å². The Labute approximate surface area is 577 Å². The molecular formula is C77H101N5O13S2. The summed E-state index contributed by atoms with van der Waals surface area (Å²) in [5, 5.41) is 122. The number of hydrogen-bond donors (Lipinski definition) is 13. The minimum atomic E-state index is -2.12. The maximum atomic E-state index is 16.7. The number of aromatic nitrogens is 1. The lowest BCUT2D eigenvalue weighted by molar-refractivity contribution is -0.234. The number of benzene rings is 2. The van der Waals surface area contributed by atoms with Crippen LogP contribution in [0.5, 0.6) is 5.75 Å². The number of cyclic esters (lactones) is 1. The van der Waals surface area contributed by atoms with Gasteiger partial charge in [0.2, 0.25) is 0 Å². The van der Waals surface area contributed by atoms with Gasteiger partial charge in [-0.3, -0.25) is 14.4 Å². The standard InChI is InChI=1S/C77H101N5O13S2/c1-5-58-63(61(72(92)95-58)46-24-25-79-34-46)50-13-9-12-45-31-77(94)66-64(74(3)32-57(86)68(88)54-38-97-96-37-47(41-17-21-49(84)22-18-41)28-56(85)55(36-83)82-67(66)69(89)65(54)74)44-16-20-48(35-81-73(78)80-33-40-10-7-6-8-11-40)76(77,30-44)70(45)75(4,93)59(87)29-53(71(90)91)60-43-19-23-51(50)62(60)52-26-39(2)14-15-42(52)27-43/h6-8,10-11,17-18,21-22,24-25,27,34,39,43-45,47-48,50-55,57-65,68,70-71,79,82-84,86-88,90-91,93-94H,5,12,14-16,19-20,23,26,28-33,35-38H2,1-4H3,(H3,78,80,81). The highest BCUT2D eigenvalue weighted by Crippen LogP contribution is 2.77. The first-order valence-electron chi connectivity index (χ1n) is 36.2. The molecule has 1 aromatic heterocycles. The van der Waals surface area contributed by atoms with Crippen LogP contribution in [0.4, 0.5) is 0 Å². The average Bonchev–Trinajstić information content (AvgIpc) is 1.60. The van der Waals surface area contributed by atoms with Crippen molar-refractivity contribution in [3.63, 3.8) is 0 Å². The number of aromatic amines is 1. The zero-order valence-electron chi connectivity index (χ0n) is 56.3. The van der Waals surface area contributed by atoms with Gasteiger partial charge in [-0.25, -0.2) is 4.99 Å². The van der Waals surface area contributed by atoms with Crippen molar-refractivity contribution in [2.24, 2.45) is 116 Å². The molecule has 1 spiro atoms. The van der Waals surface area contributed by atoms with Crippen molar-refractivity contribution < 1.29 is 65.1 Å². The fourth-order valence-electron chi connectivity index (χ4n) is 23.3. The highest BCUT2D eigenvalue weighted by molar-refractivity contribution is 8.76. The summed E-state index contributed by atoms with van der Waals surface area (Å²) < 4.78 is 6.45. The van der Waals surface area contributed by atoms with Crippen molar-refractivity contribution in [2.75, 3.05) is 24.7 Å². The molecule has 27 unspecified atom stereocenters. The van der Waals surface area contributed by atoms with Gasteiger partial charge in [0, 0.05) is 90.1 Å². The Balaban J connectivity index is 0.977. The predicted molar refractivity (Wildman–Crippen MR) is 370 cm³/mol. The second kappa shape index (κ2) is 27.0. The van der Waals surface area contributed by atoms with Crippen LogP contribution >= 0.6 is 21.6 Å². The number of fused-ring (bicyclic) bond motifs is 8. The van der Waals surface area contributed by atoms with Crippen LogP contribution in [0.1, 0.15) is 146 Å². The SMILES string of the molecule is CCC1OC(=O)C(c2cc[nH]c2)C1C1C#CCC2CC3(O)C4=C5NC(CO)C(=O)CC(c6ccc(O)cc6)CSSCC6C(O)C(O)CC(C)(C4C4CCC(CNC(N)=NCc7ccccc7)C3(C4)C2C(C)(O)C(O)CC(C(O)O)C2C3C=C4CCC(C)CC4C2C1CC3)C6C5=O. The molecule has 3 aromatic rings. The number of Topliss-reactive ketones (excluding diaryl/α,β-unsaturated/α-hetero) is 2. The van der Waals surface area contributed by atoms with Crippen molar-refractivity contribution >= 4 is 45.1 Å². The predicted octanol–water partition coefficient (Wildman–Crippen LogP) is 7.64. The number of nitrogens with two attached hydrogens (primary N) is 1. The number of aromatic hydroxyl groups is 1. The van der Waals surface area contributed by atoms with Gasteiger partial charge in [-0.05, 0) is 189 Å². The number of carbonyl (C=O) groups excluding carboxylic acids is 3. The number of ether oxygens (including phenoxy) is 1. The number of phenolic OH excluding ortho intramolecular Hbond substituents is 1. The first-order chi connectivity index (χ1) is 46.5. The Morgan fingerprint density at radius 3 is 2.38 bits per heavy atom. The number of allylic oxidation sites excluding steroid dienone is 3. The summed E-state index contributed by atoms with van der Waals surface area (Å²) in [5.74, 6) is -0.609. The van der Waals surface area contributed by atoms with Crippen LogP contribution in [-0.2, 0) is 25.7 Å². The summed E-state index contributed by atoms with van der Waals surface area (Å²) in [7, 11) is 2.98. The van der Waals surface area contributed by atoms with Crippen LogP contribution in [0.25, 0.3) is 0 Å². The number of rotatable bonds is 10. The molecule has 8 fully saturated rings. The first kappa shape index (κ1) is 68.9. The van der Waals surface area contributed by atoms with Gasteiger partial charge < -0.3 is 72.0 Å². The summed E-state index contributed by atoms with van der Waals surface area (Å²) in [5.41, 5.74) is 4.37. The van der Waals surface area contributed by atoms with Crippen molar-refractivity contribution in [2.45, 2.75) is 184 Å². The fraction of sp³-hybridized carbons (Fsp3) is 0.662. The van der Waals surface area contributed by atoms with E-state index >= 15 is 14.7 Å². The molecule has 97 heavy (non-hydrogen) atoms. The van der Waals surface area contributed by atoms with Gasteiger partial charge in [-0.1, -0.05) is 102 Å². The molecular weight excluding hydrogens is 1270 g/mol. The number of aliphatic hydroxyl groups is 8. The van der Waals surface area contributed by atoms with Gasteiger partial charge in [0.05, 0.1) is 54.3 Å². The highest BCUT2D eigenvalue weighted by atomic mass is 33.1. The molecule has 9 aliphatic carbocycles. The topological polar surface area (TPSA) is 321 Å². The molecule has 2 saturated heterocycles. The molecule has 27 atom stereocenters. The third-order valence-electron chi connectivity index (χ3n) is 27.2. The average molecular weight is 1370 g/mol. The lowest BCUT2D eigenvalue weighted by Gasteiger charge is -2.69. The van der Waals surface area contributed by atoms with Crippen LogP contribution in [0.2, 0.25) is 0 Å². The maximum Gasteiger partial charge on any atom is 0.314 e. The molecule has 18 nitrogen and oxygen atoms in total. The zero-order valence-corrected chi connectivity index (χ0v) is 57.9. The van der Waals surface area contributed by atoms with E-state index < -0.39 is 136 Å². The maximum absolute atomic E-state index is 16.7. The Morgan fingerprint density at radius 2 is 1.65 bits per heavy atom. The van der Waals surface area contributed by atoms with Gasteiger partial charge in [0.1, 0.15) is 17.9 Å². The molecule has 0 radical (unpaired) electrons. The van der Waals surface area contributed by atoms with Crippen molar-refractivity contribution in [1.29, 1.82) is 0 Å². The van der Waals surface area contributed by atoms with E-state index in [0.717, 1.165) is 48.8 Å². The summed E-state index contributed by atoms with van der Waals surface area (Å²) in [4.78, 5) is 54.5. The van der Waals surface area contributed by atoms with E-state index in [1.807, 2.05) is 62.6 Å². The molecule has 3 heterocycles. The second-order valence-corrected chi connectivity index (χ2v) is 34.6. The third-order valence-corrected chi connectivity index (χ3v) is 29.7. The van der Waals surface area contributed by atoms with Crippen LogP contribution in [-0.4, -0.2) is 147 Å². The number of carbonyl (C=O) groups is 3. The van der Waals surface area contributed by atoms with Crippen LogP contribution in [0, 0.1) is 117 Å². The van der Waals surface area contributed by atoms with Crippen LogP contribution in [0.15, 0.2) is 101 Å². The number of H-pyrrole nitrogens is 1. The number of guanidine groups is 1. The number of phenols is 1. The molecule has 6 saturated carbocycles. The summed E-state index contributed by atoms with van der Waals surface area (Å²) in [6.07, 6.45) is 5.50. The minimum Gasteiger partial charge on any atom is -0.508 e. The minimum absolute atomic E-state index is 0.0135. The van der Waals surface area contributed by atoms with Crippen molar-refractivity contribution in [3.8, 4) is 17.6 Å². The fourth-order valence-corrected chi connectivity index (χ4v) is 26.1. The van der Waals surface area contributed by atoms with Gasteiger partial charge in [-0.15, -0.1) is 5.92 Å². The van der Waals surface area contributed by atoms with E-state index in [-0.39, 0.29) is 122 Å². The van der Waals surface area contributed by atoms with E-state index in [0.29, 0.717) is 36.5 Å². The monoisotopic (exact) mass is 1370 g/mol. The number of nitrogens with zero attached hydrogens (tertiary/aromatic N) is 1. The van der Waals surface area contributed by atoms with E-state index in [2.05, 4.69) is 40.5 Å². The molecule has 2 aromatic carbocycles. The van der Waals surface area contributed by atoms with Crippen LogP contribution in [0.3, 0.4) is 0 Å². The Bertz CT molecular complexity index is 3580. The van der Waals surface area contributed by atoms with Crippen molar-refractivity contribution in [3.05, 3.63) is 113 Å². The Hall–Kier alpha value is -5.18. The molecule has 14 rings (SSSR count). The van der Waals surface area contributed by atoms with E-state index in [4.69, 9.17) is 15.5 Å². The molecule has 8 bridgehead atoms. The molecule has 2 aliphatic heterocycles. The third kappa shape index (κ3) is 11.7. The number of aliphatic hydroxyl groups excluding tert-OH is 5. The quantitative estimate of drug-likeness (QED) is 0.0176. The number of esters is 1. The number of ketones is 2. The molecule has 20 heteroatoms. The molecule has 524 valence electrons. The lowest BCUT2D eigenvalue weighted by Crippen LogP contribution is -2.72. The van der Waals surface area contributed by atoms with Crippen LogP contribution < -0.4 is 16.4 Å². The van der Waals surface area contributed by atoms with Crippen molar-refractivity contribution in [1.82, 2.24) is 15.6 Å². The molecule has 11 aliphatic rings. The number of aliphatic imine (C=N–C) groups is 1. The Morgan fingerprint density at radius 1 is 0.876 bits per heavy atom. The number of nitrogens with one attached hydrogen (secondary N) is 3. The summed E-state index contributed by atoms with van der Waals surface area (Å²) in [6.45, 7) is 7.71. The highest BCUT2D eigenvalue weighted by Gasteiger charge is 2.79. The van der Waals surface area contributed by atoms with Gasteiger partial charge >= 0.3 is 5.97 Å². The van der Waals surface area contributed by atoms with Gasteiger partial charge in [-0.2, -0.15) is 0 Å². The molecule has 0 amide bonds. The summed E-state index contributed by atoms with van der Waals surface area (Å²) in [6, 6.07) is 17.0. The normalized spacial score (nSPS) is 44.3. The zero-order chi connectivity index (χ0) is 68.2. The van der Waals surface area contributed by atoms with Gasteiger partial charge in [0.15, 0.2) is 23.8 Å². The largest absolute Gasteiger partial charge is 0.508 e. The Kier molecular flexibility index (Phi) is 19.2. The lowest BCUT2D eigenvalue weighted by atomic mass is 9.37. The smallest absolute Gasteiger partial charge is 0.314 e.